The van der Waals surface area contributed by atoms with Crippen molar-refractivity contribution in [2.45, 2.75) is 59.6 Å². The van der Waals surface area contributed by atoms with Crippen LogP contribution in [0.4, 0.5) is 5.69 Å². The number of anilines is 1. The smallest absolute Gasteiger partial charge is 0.362 e. The Labute approximate surface area is 186 Å². The molecule has 2 aromatic carbocycles. The van der Waals surface area contributed by atoms with Crippen molar-refractivity contribution >= 4 is 17.6 Å². The van der Waals surface area contributed by atoms with Crippen LogP contribution in [0.3, 0.4) is 0 Å². The number of likely N-dealkylation sites (tertiary alicyclic amines) is 1. The van der Waals surface area contributed by atoms with E-state index in [2.05, 4.69) is 24.4 Å². The summed E-state index contributed by atoms with van der Waals surface area (Å²) in [6.45, 7) is 10.2. The van der Waals surface area contributed by atoms with Crippen LogP contribution < -0.4 is 5.32 Å². The number of hydrogen-bond donors (Lipinski definition) is 1. The van der Waals surface area contributed by atoms with Crippen LogP contribution in [0.25, 0.3) is 0 Å². The van der Waals surface area contributed by atoms with Crippen LogP contribution in [0, 0.1) is 20.8 Å². The molecule has 3 rings (SSSR count). The molecule has 1 saturated heterocycles. The van der Waals surface area contributed by atoms with E-state index in [1.165, 1.54) is 5.56 Å². The van der Waals surface area contributed by atoms with Gasteiger partial charge in [0.05, 0.1) is 13.1 Å². The van der Waals surface area contributed by atoms with E-state index in [9.17, 15) is 9.59 Å². The summed E-state index contributed by atoms with van der Waals surface area (Å²) in [5.74, 6) is -0.277. The van der Waals surface area contributed by atoms with Crippen molar-refractivity contribution in [2.75, 3.05) is 25.0 Å². The average molecular weight is 424 g/mol. The molecule has 0 saturated carbocycles. The van der Waals surface area contributed by atoms with E-state index in [4.69, 9.17) is 4.74 Å². The molecule has 0 radical (unpaired) electrons. The predicted molar refractivity (Wildman–Crippen MR) is 124 cm³/mol. The molecule has 0 spiro atoms. The highest BCUT2D eigenvalue weighted by Gasteiger charge is 2.42. The molecule has 1 atom stereocenters. The molecule has 1 N–H and O–H groups in total. The molecule has 1 aliphatic heterocycles. The van der Waals surface area contributed by atoms with E-state index in [-0.39, 0.29) is 31.1 Å². The highest BCUT2D eigenvalue weighted by atomic mass is 16.5. The van der Waals surface area contributed by atoms with Crippen molar-refractivity contribution in [1.82, 2.24) is 0 Å². The number of hydrogen-bond acceptors (Lipinski definition) is 3. The normalized spacial score (nSPS) is 16.4. The lowest BCUT2D eigenvalue weighted by atomic mass is 10.0. The van der Waals surface area contributed by atoms with Crippen LogP contribution in [0.15, 0.2) is 42.5 Å². The minimum atomic E-state index is -0.329. The number of rotatable bonds is 7. The molecule has 31 heavy (non-hydrogen) atoms. The molecule has 1 aliphatic rings. The number of ether oxygens (including phenoxy) is 1. The monoisotopic (exact) mass is 423 g/mol. The number of carbonyl (C=O) groups excluding carboxylic acids is 2. The molecule has 1 fully saturated rings. The molecule has 1 heterocycles. The zero-order valence-corrected chi connectivity index (χ0v) is 19.2. The molecule has 0 aliphatic carbocycles. The van der Waals surface area contributed by atoms with Gasteiger partial charge in [0.2, 0.25) is 0 Å². The fourth-order valence-corrected chi connectivity index (χ4v) is 4.72. The van der Waals surface area contributed by atoms with Crippen molar-refractivity contribution in [3.05, 3.63) is 64.7 Å². The van der Waals surface area contributed by atoms with Crippen molar-refractivity contribution in [1.29, 1.82) is 0 Å². The van der Waals surface area contributed by atoms with Crippen molar-refractivity contribution in [3.63, 3.8) is 0 Å². The summed E-state index contributed by atoms with van der Waals surface area (Å²) in [4.78, 5) is 26.0. The van der Waals surface area contributed by atoms with Gasteiger partial charge in [-0.2, -0.15) is 0 Å². The number of nitrogens with one attached hydrogen (secondary N) is 1. The summed E-state index contributed by atoms with van der Waals surface area (Å²) >= 11 is 0. The Morgan fingerprint density at radius 3 is 2.23 bits per heavy atom. The number of aryl methyl sites for hydroxylation is 3. The van der Waals surface area contributed by atoms with Gasteiger partial charge >= 0.3 is 5.97 Å². The average Bonchev–Trinajstić information content (AvgIpc) is 2.75. The largest absolute Gasteiger partial charge is 0.457 e. The van der Waals surface area contributed by atoms with E-state index in [1.807, 2.05) is 51.1 Å². The van der Waals surface area contributed by atoms with Gasteiger partial charge in [-0.05, 0) is 63.6 Å². The van der Waals surface area contributed by atoms with E-state index >= 15 is 0 Å². The van der Waals surface area contributed by atoms with Gasteiger partial charge < -0.3 is 14.5 Å². The zero-order chi connectivity index (χ0) is 22.4. The second kappa shape index (κ2) is 10.1. The first-order valence-electron chi connectivity index (χ1n) is 11.2. The summed E-state index contributed by atoms with van der Waals surface area (Å²) < 4.78 is 6.03. The SMILES string of the molecule is Cc1cc(C)c(NC(=O)C(C)[N+]2(CC(=O)OCc3ccccc3)CCCCC2)c(C)c1. The number of benzene rings is 2. The molecule has 1 amide bonds. The van der Waals surface area contributed by atoms with Crippen LogP contribution in [0.5, 0.6) is 0 Å². The van der Waals surface area contributed by atoms with Crippen molar-refractivity contribution in [2.24, 2.45) is 0 Å². The number of esters is 1. The number of carbonyl (C=O) groups is 2. The highest BCUT2D eigenvalue weighted by molar-refractivity contribution is 5.95. The molecule has 0 bridgehead atoms. The van der Waals surface area contributed by atoms with Crippen LogP contribution in [-0.2, 0) is 20.9 Å². The lowest BCUT2D eigenvalue weighted by Crippen LogP contribution is -2.63. The van der Waals surface area contributed by atoms with Gasteiger partial charge in [0.25, 0.3) is 5.91 Å². The zero-order valence-electron chi connectivity index (χ0n) is 19.2. The third-order valence-electron chi connectivity index (χ3n) is 6.52. The Morgan fingerprint density at radius 2 is 1.61 bits per heavy atom. The maximum Gasteiger partial charge on any atom is 0.362 e. The van der Waals surface area contributed by atoms with Crippen LogP contribution >= 0.6 is 0 Å². The van der Waals surface area contributed by atoms with E-state index in [0.717, 1.165) is 54.7 Å². The number of amides is 1. The minimum Gasteiger partial charge on any atom is -0.457 e. The predicted octanol–water partition coefficient (Wildman–Crippen LogP) is 4.68. The lowest BCUT2D eigenvalue weighted by Gasteiger charge is -2.44. The quantitative estimate of drug-likeness (QED) is 0.520. The summed E-state index contributed by atoms with van der Waals surface area (Å²) in [7, 11) is 0. The summed E-state index contributed by atoms with van der Waals surface area (Å²) in [6.07, 6.45) is 3.18. The summed E-state index contributed by atoms with van der Waals surface area (Å²) in [5.41, 5.74) is 5.15. The van der Waals surface area contributed by atoms with Gasteiger partial charge in [-0.3, -0.25) is 4.79 Å². The van der Waals surface area contributed by atoms with E-state index in [1.54, 1.807) is 0 Å². The van der Waals surface area contributed by atoms with Gasteiger partial charge in [0, 0.05) is 5.69 Å². The third-order valence-corrected chi connectivity index (χ3v) is 6.52. The fourth-order valence-electron chi connectivity index (χ4n) is 4.72. The van der Waals surface area contributed by atoms with Crippen molar-refractivity contribution < 1.29 is 18.8 Å². The standard InChI is InChI=1S/C26H34N2O3/c1-19-15-20(2)25(21(3)16-19)27-26(30)22(4)28(13-9-6-10-14-28)17-24(29)31-18-23-11-7-5-8-12-23/h5,7-8,11-12,15-16,22H,6,9-10,13-14,17-18H2,1-4H3/p+1. The molecular formula is C26H35N2O3+. The van der Waals surface area contributed by atoms with Gasteiger partial charge in [-0.25, -0.2) is 4.79 Å². The lowest BCUT2D eigenvalue weighted by molar-refractivity contribution is -0.938. The molecular weight excluding hydrogens is 388 g/mol. The second-order valence-corrected chi connectivity index (χ2v) is 8.97. The molecule has 5 heteroatoms. The third kappa shape index (κ3) is 5.73. The van der Waals surface area contributed by atoms with Crippen LogP contribution in [0.1, 0.15) is 48.4 Å². The topological polar surface area (TPSA) is 55.4 Å². The second-order valence-electron chi connectivity index (χ2n) is 8.97. The van der Waals surface area contributed by atoms with Gasteiger partial charge in [-0.1, -0.05) is 48.0 Å². The Hall–Kier alpha value is -2.66. The highest BCUT2D eigenvalue weighted by Crippen LogP contribution is 2.27. The minimum absolute atomic E-state index is 0.0344. The van der Waals surface area contributed by atoms with Crippen LogP contribution in [0.2, 0.25) is 0 Å². The van der Waals surface area contributed by atoms with Gasteiger partial charge in [-0.15, -0.1) is 0 Å². The Bertz CT molecular complexity index is 894. The molecule has 0 aromatic heterocycles. The first-order valence-corrected chi connectivity index (χ1v) is 11.2. The molecule has 2 aromatic rings. The van der Waals surface area contributed by atoms with Gasteiger partial charge in [0.15, 0.2) is 12.6 Å². The van der Waals surface area contributed by atoms with Gasteiger partial charge in [0.1, 0.15) is 6.61 Å². The molecule has 166 valence electrons. The Morgan fingerprint density at radius 1 is 1.00 bits per heavy atom. The Balaban J connectivity index is 1.71. The first-order chi connectivity index (χ1) is 14.8. The Kier molecular flexibility index (Phi) is 7.50. The molecule has 1 unspecified atom stereocenters. The number of nitrogens with zero attached hydrogens (tertiary/aromatic N) is 1. The van der Waals surface area contributed by atoms with E-state index < -0.39 is 0 Å². The summed E-state index contributed by atoms with van der Waals surface area (Å²) in [6, 6.07) is 13.5. The fraction of sp³-hybridized carbons (Fsp3) is 0.462. The van der Waals surface area contributed by atoms with Crippen molar-refractivity contribution in [3.8, 4) is 0 Å². The molecule has 5 nitrogen and oxygen atoms in total. The summed E-state index contributed by atoms with van der Waals surface area (Å²) in [5, 5.41) is 3.15. The van der Waals surface area contributed by atoms with E-state index in [0.29, 0.717) is 4.48 Å². The number of piperidine rings is 1. The van der Waals surface area contributed by atoms with Crippen LogP contribution in [-0.4, -0.2) is 42.0 Å². The first kappa shape index (κ1) is 23.0. The maximum atomic E-state index is 13.3. The maximum absolute atomic E-state index is 13.3. The number of quaternary nitrogens is 1.